The van der Waals surface area contributed by atoms with Gasteiger partial charge in [0, 0.05) is 30.7 Å². The Morgan fingerprint density at radius 3 is 2.36 bits per heavy atom. The fourth-order valence-electron chi connectivity index (χ4n) is 2.37. The molecule has 0 aliphatic rings. The highest BCUT2D eigenvalue weighted by Crippen LogP contribution is 2.34. The first-order chi connectivity index (χ1) is 11.6. The molecule has 0 aliphatic heterocycles. The lowest BCUT2D eigenvalue weighted by Crippen LogP contribution is -2.25. The van der Waals surface area contributed by atoms with Crippen molar-refractivity contribution >= 4 is 32.6 Å². The van der Waals surface area contributed by atoms with Gasteiger partial charge in [0.05, 0.1) is 4.92 Å². The maximum atomic E-state index is 11.8. The van der Waals surface area contributed by atoms with Crippen molar-refractivity contribution in [3.05, 3.63) is 52.6 Å². The molecule has 2 aromatic carbocycles. The van der Waals surface area contributed by atoms with Crippen LogP contribution in [0.2, 0.25) is 0 Å². The van der Waals surface area contributed by atoms with Crippen LogP contribution in [0.5, 0.6) is 0 Å². The van der Waals surface area contributed by atoms with Crippen LogP contribution in [0.25, 0.3) is 0 Å². The molecule has 0 bridgehead atoms. The lowest BCUT2D eigenvalue weighted by molar-refractivity contribution is -0.386. The first kappa shape index (κ1) is 18.7. The van der Waals surface area contributed by atoms with E-state index in [9.17, 15) is 18.5 Å². The van der Waals surface area contributed by atoms with E-state index in [0.717, 1.165) is 11.9 Å². The molecule has 25 heavy (non-hydrogen) atoms. The SMILES string of the molecule is CC(C)N(C)c1cccc(Nc2cccc(S(C)(=O)=O)c2[N+](=O)[O-])c1. The fourth-order valence-corrected chi connectivity index (χ4v) is 3.23. The highest BCUT2D eigenvalue weighted by atomic mass is 32.2. The van der Waals surface area contributed by atoms with Crippen molar-refractivity contribution in [2.45, 2.75) is 24.8 Å². The second kappa shape index (κ2) is 7.10. The second-order valence-electron chi connectivity index (χ2n) is 6.06. The fraction of sp³-hybridized carbons (Fsp3) is 0.294. The first-order valence-corrected chi connectivity index (χ1v) is 9.57. The van der Waals surface area contributed by atoms with Gasteiger partial charge in [0.2, 0.25) is 0 Å². The van der Waals surface area contributed by atoms with Gasteiger partial charge in [-0.15, -0.1) is 0 Å². The Morgan fingerprint density at radius 1 is 1.16 bits per heavy atom. The largest absolute Gasteiger partial charge is 0.372 e. The summed E-state index contributed by atoms with van der Waals surface area (Å²) >= 11 is 0. The number of benzene rings is 2. The van der Waals surface area contributed by atoms with E-state index < -0.39 is 20.4 Å². The Hall–Kier alpha value is -2.61. The van der Waals surface area contributed by atoms with Crippen LogP contribution in [0.4, 0.5) is 22.7 Å². The molecule has 134 valence electrons. The summed E-state index contributed by atoms with van der Waals surface area (Å²) in [7, 11) is -1.76. The number of para-hydroxylation sites is 1. The average molecular weight is 363 g/mol. The van der Waals surface area contributed by atoms with E-state index in [1.807, 2.05) is 25.2 Å². The molecule has 2 rings (SSSR count). The molecular formula is C17H21N3O4S. The van der Waals surface area contributed by atoms with Crippen LogP contribution >= 0.6 is 0 Å². The molecule has 0 unspecified atom stereocenters. The van der Waals surface area contributed by atoms with Crippen molar-refractivity contribution in [3.8, 4) is 0 Å². The molecule has 0 fully saturated rings. The number of hydrogen-bond donors (Lipinski definition) is 1. The van der Waals surface area contributed by atoms with E-state index in [0.29, 0.717) is 5.69 Å². The predicted octanol–water partition coefficient (Wildman–Crippen LogP) is 3.59. The number of nitro groups is 1. The quantitative estimate of drug-likeness (QED) is 0.623. The highest BCUT2D eigenvalue weighted by Gasteiger charge is 2.26. The van der Waals surface area contributed by atoms with E-state index >= 15 is 0 Å². The molecule has 8 heteroatoms. The topological polar surface area (TPSA) is 92.6 Å². The van der Waals surface area contributed by atoms with Crippen LogP contribution < -0.4 is 10.2 Å². The molecular weight excluding hydrogens is 342 g/mol. The third kappa shape index (κ3) is 4.27. The standard InChI is InChI=1S/C17H21N3O4S/c1-12(2)19(3)14-8-5-7-13(11-14)18-15-9-6-10-16(25(4,23)24)17(15)20(21)22/h5-12,18H,1-4H3. The number of nitro benzene ring substituents is 1. The molecule has 2 aromatic rings. The van der Waals surface area contributed by atoms with Crippen LogP contribution in [0.3, 0.4) is 0 Å². The summed E-state index contributed by atoms with van der Waals surface area (Å²) in [5.41, 5.74) is 1.27. The Morgan fingerprint density at radius 2 is 1.80 bits per heavy atom. The van der Waals surface area contributed by atoms with Gasteiger partial charge in [0.1, 0.15) is 10.6 Å². The lowest BCUT2D eigenvalue weighted by atomic mass is 10.2. The number of sulfone groups is 1. The summed E-state index contributed by atoms with van der Waals surface area (Å²) in [6, 6.07) is 11.9. The predicted molar refractivity (Wildman–Crippen MR) is 99.5 cm³/mol. The smallest absolute Gasteiger partial charge is 0.311 e. The van der Waals surface area contributed by atoms with Gasteiger partial charge in [-0.05, 0) is 44.2 Å². The Labute approximate surface area is 147 Å². The molecule has 0 radical (unpaired) electrons. The van der Waals surface area contributed by atoms with Gasteiger partial charge in [-0.2, -0.15) is 0 Å². The Bertz CT molecular complexity index is 895. The molecule has 0 spiro atoms. The van der Waals surface area contributed by atoms with E-state index in [4.69, 9.17) is 0 Å². The number of hydrogen-bond acceptors (Lipinski definition) is 6. The summed E-state index contributed by atoms with van der Waals surface area (Å²) in [4.78, 5) is 12.5. The first-order valence-electron chi connectivity index (χ1n) is 7.68. The number of nitrogens with one attached hydrogen (secondary N) is 1. The summed E-state index contributed by atoms with van der Waals surface area (Å²) in [5.74, 6) is 0. The Balaban J connectivity index is 2.48. The van der Waals surface area contributed by atoms with Crippen LogP contribution in [-0.4, -0.2) is 32.7 Å². The lowest BCUT2D eigenvalue weighted by Gasteiger charge is -2.24. The number of anilines is 3. The minimum atomic E-state index is -3.72. The Kier molecular flexibility index (Phi) is 5.32. The zero-order valence-corrected chi connectivity index (χ0v) is 15.4. The van der Waals surface area contributed by atoms with Gasteiger partial charge < -0.3 is 10.2 Å². The monoisotopic (exact) mass is 363 g/mol. The van der Waals surface area contributed by atoms with Crippen molar-refractivity contribution in [2.24, 2.45) is 0 Å². The van der Waals surface area contributed by atoms with Crippen molar-refractivity contribution in [1.29, 1.82) is 0 Å². The van der Waals surface area contributed by atoms with Crippen LogP contribution in [0.15, 0.2) is 47.4 Å². The molecule has 0 aromatic heterocycles. The molecule has 0 amide bonds. The van der Waals surface area contributed by atoms with Gasteiger partial charge >= 0.3 is 5.69 Å². The van der Waals surface area contributed by atoms with Gasteiger partial charge in [-0.3, -0.25) is 10.1 Å². The minimum absolute atomic E-state index is 0.136. The third-order valence-corrected chi connectivity index (χ3v) is 5.02. The summed E-state index contributed by atoms with van der Waals surface area (Å²) < 4.78 is 23.7. The molecule has 0 atom stereocenters. The molecule has 0 aliphatic carbocycles. The maximum absolute atomic E-state index is 11.8. The van der Waals surface area contributed by atoms with Crippen LogP contribution in [0.1, 0.15) is 13.8 Å². The van der Waals surface area contributed by atoms with E-state index in [-0.39, 0.29) is 16.6 Å². The van der Waals surface area contributed by atoms with Crippen LogP contribution in [-0.2, 0) is 9.84 Å². The van der Waals surface area contributed by atoms with Crippen molar-refractivity contribution in [1.82, 2.24) is 0 Å². The summed E-state index contributed by atoms with van der Waals surface area (Å²) in [6.07, 6.45) is 0.956. The number of rotatable bonds is 6. The minimum Gasteiger partial charge on any atom is -0.372 e. The van der Waals surface area contributed by atoms with E-state index in [2.05, 4.69) is 24.1 Å². The maximum Gasteiger partial charge on any atom is 0.311 e. The number of nitrogens with zero attached hydrogens (tertiary/aromatic N) is 2. The normalized spacial score (nSPS) is 11.4. The summed E-state index contributed by atoms with van der Waals surface area (Å²) in [5, 5.41) is 14.4. The zero-order chi connectivity index (χ0) is 18.8. The third-order valence-electron chi connectivity index (χ3n) is 3.89. The zero-order valence-electron chi connectivity index (χ0n) is 14.6. The van der Waals surface area contributed by atoms with Gasteiger partial charge in [0.25, 0.3) is 0 Å². The summed E-state index contributed by atoms with van der Waals surface area (Å²) in [6.45, 7) is 4.11. The van der Waals surface area contributed by atoms with Crippen LogP contribution in [0, 0.1) is 10.1 Å². The average Bonchev–Trinajstić information content (AvgIpc) is 2.53. The van der Waals surface area contributed by atoms with Gasteiger partial charge in [-0.25, -0.2) is 8.42 Å². The van der Waals surface area contributed by atoms with Crippen molar-refractivity contribution < 1.29 is 13.3 Å². The van der Waals surface area contributed by atoms with E-state index in [1.54, 1.807) is 6.07 Å². The van der Waals surface area contributed by atoms with E-state index in [1.165, 1.54) is 18.2 Å². The molecule has 0 saturated carbocycles. The molecule has 0 saturated heterocycles. The van der Waals surface area contributed by atoms with Gasteiger partial charge in [-0.1, -0.05) is 12.1 Å². The molecule has 1 N–H and O–H groups in total. The van der Waals surface area contributed by atoms with Crippen molar-refractivity contribution in [2.75, 3.05) is 23.5 Å². The highest BCUT2D eigenvalue weighted by molar-refractivity contribution is 7.90. The van der Waals surface area contributed by atoms with Crippen molar-refractivity contribution in [3.63, 3.8) is 0 Å². The second-order valence-corrected chi connectivity index (χ2v) is 8.05. The van der Waals surface area contributed by atoms with Gasteiger partial charge in [0.15, 0.2) is 9.84 Å². The molecule has 0 heterocycles. The molecule has 7 nitrogen and oxygen atoms in total.